The Hall–Kier alpha value is -1.67. The van der Waals surface area contributed by atoms with Gasteiger partial charge in [0.25, 0.3) is 0 Å². The second-order valence-corrected chi connectivity index (χ2v) is 7.05. The van der Waals surface area contributed by atoms with Gasteiger partial charge in [-0.1, -0.05) is 13.3 Å². The zero-order chi connectivity index (χ0) is 18.4. The van der Waals surface area contributed by atoms with Gasteiger partial charge in [-0.2, -0.15) is 0 Å². The van der Waals surface area contributed by atoms with Gasteiger partial charge in [0, 0.05) is 33.3 Å². The number of nitrogens with zero attached hydrogens (tertiary/aromatic N) is 5. The maximum absolute atomic E-state index is 5.98. The highest BCUT2D eigenvalue weighted by molar-refractivity contribution is 5.80. The Bertz CT molecular complexity index is 597. The van der Waals surface area contributed by atoms with Crippen molar-refractivity contribution >= 4 is 5.96 Å². The number of aromatic nitrogens is 3. The van der Waals surface area contributed by atoms with E-state index >= 15 is 0 Å². The first-order valence-electron chi connectivity index (χ1n) is 9.80. The van der Waals surface area contributed by atoms with Crippen molar-refractivity contribution in [2.24, 2.45) is 12.0 Å². The minimum absolute atomic E-state index is 0.126. The van der Waals surface area contributed by atoms with Crippen LogP contribution in [0.3, 0.4) is 0 Å². The first-order chi connectivity index (χ1) is 12.7. The van der Waals surface area contributed by atoms with Crippen LogP contribution >= 0.6 is 0 Å². The molecular weight excluding hydrogens is 332 g/mol. The Kier molecular flexibility index (Phi) is 6.85. The van der Waals surface area contributed by atoms with Crippen LogP contribution in [0.2, 0.25) is 0 Å². The zero-order valence-electron chi connectivity index (χ0n) is 16.3. The summed E-state index contributed by atoms with van der Waals surface area (Å²) in [6, 6.07) is 0. The number of hydrogen-bond donors (Lipinski definition) is 1. The van der Waals surface area contributed by atoms with Crippen LogP contribution in [0, 0.1) is 6.92 Å². The van der Waals surface area contributed by atoms with Gasteiger partial charge in [-0.3, -0.25) is 0 Å². The average molecular weight is 364 g/mol. The fourth-order valence-electron chi connectivity index (χ4n) is 3.37. The summed E-state index contributed by atoms with van der Waals surface area (Å²) in [5.74, 6) is 2.71. The Labute approximate surface area is 156 Å². The Balaban J connectivity index is 1.67. The van der Waals surface area contributed by atoms with Crippen molar-refractivity contribution in [3.63, 3.8) is 0 Å². The van der Waals surface area contributed by atoms with Crippen LogP contribution in [0.1, 0.15) is 44.3 Å². The minimum Gasteiger partial charge on any atom is -0.375 e. The molecule has 2 aliphatic heterocycles. The number of nitrogens with one attached hydrogen (secondary N) is 1. The molecule has 8 nitrogen and oxygen atoms in total. The van der Waals surface area contributed by atoms with Crippen molar-refractivity contribution in [3.05, 3.63) is 11.6 Å². The summed E-state index contributed by atoms with van der Waals surface area (Å²) in [5.41, 5.74) is 0. The standard InChI is InChI=1S/C18H32N6O2/c1-4-5-8-19-18(20-12-17-22-21-14(2)23(17)3)24-9-11-26-16(13-24)15-7-6-10-25-15/h15-16H,4-13H2,1-3H3,(H,19,20). The molecule has 0 radical (unpaired) electrons. The maximum Gasteiger partial charge on any atom is 0.194 e. The molecule has 0 bridgehead atoms. The largest absolute Gasteiger partial charge is 0.375 e. The number of guanidine groups is 1. The molecule has 2 saturated heterocycles. The summed E-state index contributed by atoms with van der Waals surface area (Å²) in [7, 11) is 1.98. The van der Waals surface area contributed by atoms with Crippen LogP contribution < -0.4 is 5.32 Å². The molecule has 2 aliphatic rings. The second kappa shape index (κ2) is 9.32. The number of unbranched alkanes of at least 4 members (excludes halogenated alkanes) is 1. The van der Waals surface area contributed by atoms with Gasteiger partial charge in [-0.15, -0.1) is 10.2 Å². The Morgan fingerprint density at radius 2 is 2.12 bits per heavy atom. The van der Waals surface area contributed by atoms with E-state index in [0.29, 0.717) is 13.2 Å². The van der Waals surface area contributed by atoms with Crippen molar-refractivity contribution in [2.75, 3.05) is 32.8 Å². The van der Waals surface area contributed by atoms with Gasteiger partial charge in [0.15, 0.2) is 11.8 Å². The summed E-state index contributed by atoms with van der Waals surface area (Å²) in [6.45, 7) is 8.83. The summed E-state index contributed by atoms with van der Waals surface area (Å²) in [5, 5.41) is 11.9. The van der Waals surface area contributed by atoms with E-state index in [1.165, 1.54) is 0 Å². The van der Waals surface area contributed by atoms with Gasteiger partial charge in [-0.25, -0.2) is 4.99 Å². The summed E-state index contributed by atoms with van der Waals surface area (Å²) in [6.07, 6.45) is 4.85. The molecular formula is C18H32N6O2. The zero-order valence-corrected chi connectivity index (χ0v) is 16.3. The number of ether oxygens (including phenoxy) is 2. The van der Waals surface area contributed by atoms with Gasteiger partial charge in [0.1, 0.15) is 18.5 Å². The van der Waals surface area contributed by atoms with Crippen molar-refractivity contribution < 1.29 is 9.47 Å². The Morgan fingerprint density at radius 3 is 2.81 bits per heavy atom. The molecule has 1 aromatic heterocycles. The molecule has 2 atom stereocenters. The van der Waals surface area contributed by atoms with E-state index in [1.807, 2.05) is 18.5 Å². The fourth-order valence-corrected chi connectivity index (χ4v) is 3.37. The molecule has 0 spiro atoms. The van der Waals surface area contributed by atoms with Gasteiger partial charge >= 0.3 is 0 Å². The van der Waals surface area contributed by atoms with Crippen LogP contribution in [-0.4, -0.2) is 70.7 Å². The number of morpholine rings is 1. The predicted molar refractivity (Wildman–Crippen MR) is 100 cm³/mol. The topological polar surface area (TPSA) is 76.8 Å². The number of rotatable bonds is 6. The minimum atomic E-state index is 0.126. The molecule has 0 aromatic carbocycles. The molecule has 8 heteroatoms. The predicted octanol–water partition coefficient (Wildman–Crippen LogP) is 1.25. The lowest BCUT2D eigenvalue weighted by atomic mass is 10.1. The van der Waals surface area contributed by atoms with Crippen LogP contribution in [0.25, 0.3) is 0 Å². The monoisotopic (exact) mass is 364 g/mol. The van der Waals surface area contributed by atoms with E-state index < -0.39 is 0 Å². The molecule has 1 N–H and O–H groups in total. The smallest absolute Gasteiger partial charge is 0.194 e. The molecule has 2 unspecified atom stereocenters. The highest BCUT2D eigenvalue weighted by atomic mass is 16.5. The van der Waals surface area contributed by atoms with E-state index in [9.17, 15) is 0 Å². The van der Waals surface area contributed by atoms with Crippen LogP contribution in [0.15, 0.2) is 4.99 Å². The van der Waals surface area contributed by atoms with Gasteiger partial charge < -0.3 is 24.3 Å². The lowest BCUT2D eigenvalue weighted by Gasteiger charge is -2.37. The SMILES string of the molecule is CCCCNC(=NCc1nnc(C)n1C)N1CCOC(C2CCCO2)C1. The van der Waals surface area contributed by atoms with E-state index in [2.05, 4.69) is 27.3 Å². The molecule has 3 heterocycles. The highest BCUT2D eigenvalue weighted by Gasteiger charge is 2.32. The van der Waals surface area contributed by atoms with Gasteiger partial charge in [-0.05, 0) is 26.2 Å². The first kappa shape index (κ1) is 19.1. The van der Waals surface area contributed by atoms with Crippen LogP contribution in [-0.2, 0) is 23.1 Å². The molecule has 146 valence electrons. The van der Waals surface area contributed by atoms with Crippen LogP contribution in [0.5, 0.6) is 0 Å². The molecule has 26 heavy (non-hydrogen) atoms. The lowest BCUT2D eigenvalue weighted by Crippen LogP contribution is -2.53. The summed E-state index contributed by atoms with van der Waals surface area (Å²) in [4.78, 5) is 7.14. The number of aryl methyl sites for hydroxylation is 1. The second-order valence-electron chi connectivity index (χ2n) is 7.05. The number of hydrogen-bond acceptors (Lipinski definition) is 5. The third-order valence-electron chi connectivity index (χ3n) is 5.14. The van der Waals surface area contributed by atoms with E-state index in [4.69, 9.17) is 14.5 Å². The molecule has 0 amide bonds. The normalized spacial score (nSPS) is 24.3. The van der Waals surface area contributed by atoms with Crippen molar-refractivity contribution in [3.8, 4) is 0 Å². The van der Waals surface area contributed by atoms with Crippen LogP contribution in [0.4, 0.5) is 0 Å². The quantitative estimate of drug-likeness (QED) is 0.465. The Morgan fingerprint density at radius 1 is 1.27 bits per heavy atom. The number of aliphatic imine (C=N–C) groups is 1. The molecule has 0 aliphatic carbocycles. The molecule has 2 fully saturated rings. The molecule has 1 aromatic rings. The third kappa shape index (κ3) is 4.73. The summed E-state index contributed by atoms with van der Waals surface area (Å²) < 4.78 is 13.8. The van der Waals surface area contributed by atoms with E-state index in [1.54, 1.807) is 0 Å². The van der Waals surface area contributed by atoms with Gasteiger partial charge in [0.05, 0.1) is 12.7 Å². The first-order valence-corrected chi connectivity index (χ1v) is 9.80. The molecule has 0 saturated carbocycles. The van der Waals surface area contributed by atoms with Crippen molar-refractivity contribution in [1.82, 2.24) is 25.0 Å². The van der Waals surface area contributed by atoms with E-state index in [0.717, 1.165) is 69.5 Å². The highest BCUT2D eigenvalue weighted by Crippen LogP contribution is 2.21. The maximum atomic E-state index is 5.98. The van der Waals surface area contributed by atoms with E-state index in [-0.39, 0.29) is 12.2 Å². The third-order valence-corrected chi connectivity index (χ3v) is 5.14. The van der Waals surface area contributed by atoms with Crippen molar-refractivity contribution in [2.45, 2.75) is 58.3 Å². The molecule has 3 rings (SSSR count). The summed E-state index contributed by atoms with van der Waals surface area (Å²) >= 11 is 0. The average Bonchev–Trinajstić information content (AvgIpc) is 3.30. The van der Waals surface area contributed by atoms with Gasteiger partial charge in [0.2, 0.25) is 0 Å². The lowest BCUT2D eigenvalue weighted by molar-refractivity contribution is -0.0817. The van der Waals surface area contributed by atoms with Crippen molar-refractivity contribution in [1.29, 1.82) is 0 Å². The fraction of sp³-hybridized carbons (Fsp3) is 0.833.